The third kappa shape index (κ3) is 2.38. The average Bonchev–Trinajstić information content (AvgIpc) is 3.29. The first kappa shape index (κ1) is 16.9. The summed E-state index contributed by atoms with van der Waals surface area (Å²) in [5, 5.41) is 13.5. The van der Waals surface area contributed by atoms with Crippen molar-refractivity contribution in [1.82, 2.24) is 0 Å². The molecule has 0 spiro atoms. The Morgan fingerprint density at radius 1 is 0.633 bits per heavy atom. The quantitative estimate of drug-likeness (QED) is 0.291. The topological polar surface area (TPSA) is 50.1 Å². The number of benzene rings is 4. The molecule has 2 aromatic heterocycles. The maximum atomic E-state index is 9.22. The number of nitriles is 1. The van der Waals surface area contributed by atoms with Crippen molar-refractivity contribution in [3.63, 3.8) is 0 Å². The van der Waals surface area contributed by atoms with Gasteiger partial charge in [-0.1, -0.05) is 17.7 Å². The number of hydrogen-bond donors (Lipinski definition) is 0. The Kier molecular flexibility index (Phi) is 3.37. The van der Waals surface area contributed by atoms with E-state index in [0.717, 1.165) is 60.6 Å². The van der Waals surface area contributed by atoms with Crippen LogP contribution < -0.4 is 0 Å². The zero-order valence-electron chi connectivity index (χ0n) is 16.6. The maximum Gasteiger partial charge on any atom is 0.136 e. The number of nitrogens with zero attached hydrogens (tertiary/aromatic N) is 1. The molecule has 0 fully saturated rings. The van der Waals surface area contributed by atoms with Crippen molar-refractivity contribution < 1.29 is 8.83 Å². The van der Waals surface area contributed by atoms with E-state index < -0.39 is 0 Å². The SMILES string of the molecule is Cc1ccc2oc3cc(-c4cc5oc6ccc(C#N)cc6c5cc4C)ccc3c2c1. The monoisotopic (exact) mass is 387 g/mol. The predicted molar refractivity (Wildman–Crippen MR) is 121 cm³/mol. The fourth-order valence-electron chi connectivity index (χ4n) is 4.37. The normalized spacial score (nSPS) is 11.6. The molecule has 2 heterocycles. The zero-order chi connectivity index (χ0) is 20.4. The molecule has 0 saturated heterocycles. The summed E-state index contributed by atoms with van der Waals surface area (Å²) in [5.41, 5.74) is 8.62. The van der Waals surface area contributed by atoms with Crippen molar-refractivity contribution in [2.75, 3.05) is 0 Å². The largest absolute Gasteiger partial charge is 0.456 e. The lowest BCUT2D eigenvalue weighted by atomic mass is 9.97. The Balaban J connectivity index is 1.57. The summed E-state index contributed by atoms with van der Waals surface area (Å²) in [6.45, 7) is 4.20. The maximum absolute atomic E-state index is 9.22. The predicted octanol–water partition coefficient (Wildman–Crippen LogP) is 7.64. The van der Waals surface area contributed by atoms with Gasteiger partial charge in [0.15, 0.2) is 0 Å². The summed E-state index contributed by atoms with van der Waals surface area (Å²) in [7, 11) is 0. The highest BCUT2D eigenvalue weighted by atomic mass is 16.3. The van der Waals surface area contributed by atoms with Crippen LogP contribution >= 0.6 is 0 Å². The summed E-state index contributed by atoms with van der Waals surface area (Å²) in [4.78, 5) is 0. The fraction of sp³-hybridized carbons (Fsp3) is 0.0741. The van der Waals surface area contributed by atoms with Gasteiger partial charge in [0.1, 0.15) is 22.3 Å². The van der Waals surface area contributed by atoms with Crippen LogP contribution in [0, 0.1) is 25.2 Å². The van der Waals surface area contributed by atoms with Gasteiger partial charge in [0.2, 0.25) is 0 Å². The van der Waals surface area contributed by atoms with Gasteiger partial charge < -0.3 is 8.83 Å². The van der Waals surface area contributed by atoms with E-state index in [0.29, 0.717) is 5.56 Å². The Labute approximate surface area is 172 Å². The van der Waals surface area contributed by atoms with Gasteiger partial charge in [0, 0.05) is 21.5 Å². The first-order valence-corrected chi connectivity index (χ1v) is 9.91. The summed E-state index contributed by atoms with van der Waals surface area (Å²) in [6.07, 6.45) is 0. The Hall–Kier alpha value is -4.03. The highest BCUT2D eigenvalue weighted by Crippen LogP contribution is 2.37. The Morgan fingerprint density at radius 3 is 2.13 bits per heavy atom. The standard InChI is InChI=1S/C27H17NO2/c1-15-3-7-24-21(9-15)19-6-5-18(12-26(19)29-24)20-13-27-22(10-16(20)2)23-11-17(14-28)4-8-25(23)30-27/h3-13H,1-2H3. The van der Waals surface area contributed by atoms with Gasteiger partial charge in [0.05, 0.1) is 11.6 Å². The van der Waals surface area contributed by atoms with Crippen LogP contribution in [-0.2, 0) is 0 Å². The number of hydrogen-bond acceptors (Lipinski definition) is 3. The van der Waals surface area contributed by atoms with Gasteiger partial charge in [-0.3, -0.25) is 0 Å². The third-order valence-corrected chi connectivity index (χ3v) is 5.88. The molecule has 142 valence electrons. The molecular formula is C27H17NO2. The minimum Gasteiger partial charge on any atom is -0.456 e. The van der Waals surface area contributed by atoms with Gasteiger partial charge in [-0.2, -0.15) is 5.26 Å². The van der Waals surface area contributed by atoms with Crippen molar-refractivity contribution in [2.24, 2.45) is 0 Å². The lowest BCUT2D eigenvalue weighted by Crippen LogP contribution is -1.83. The third-order valence-electron chi connectivity index (χ3n) is 5.88. The van der Waals surface area contributed by atoms with Crippen LogP contribution in [0.15, 0.2) is 75.6 Å². The summed E-state index contributed by atoms with van der Waals surface area (Å²) in [6, 6.07) is 24.6. The Morgan fingerprint density at radius 2 is 1.33 bits per heavy atom. The van der Waals surface area contributed by atoms with E-state index in [1.807, 2.05) is 18.2 Å². The van der Waals surface area contributed by atoms with E-state index in [9.17, 15) is 5.26 Å². The molecule has 6 rings (SSSR count). The van der Waals surface area contributed by atoms with Crippen LogP contribution in [0.2, 0.25) is 0 Å². The van der Waals surface area contributed by atoms with E-state index in [1.54, 1.807) is 6.07 Å². The van der Waals surface area contributed by atoms with Crippen molar-refractivity contribution in [3.05, 3.63) is 83.4 Å². The first-order valence-electron chi connectivity index (χ1n) is 9.91. The minimum absolute atomic E-state index is 0.637. The van der Waals surface area contributed by atoms with Gasteiger partial charge >= 0.3 is 0 Å². The molecule has 4 aromatic carbocycles. The molecule has 0 unspecified atom stereocenters. The molecule has 0 radical (unpaired) electrons. The molecule has 30 heavy (non-hydrogen) atoms. The molecule has 0 amide bonds. The van der Waals surface area contributed by atoms with Crippen molar-refractivity contribution in [2.45, 2.75) is 13.8 Å². The second-order valence-electron chi connectivity index (χ2n) is 7.90. The van der Waals surface area contributed by atoms with E-state index in [2.05, 4.69) is 62.4 Å². The molecule has 0 bridgehead atoms. The van der Waals surface area contributed by atoms with Crippen LogP contribution in [-0.4, -0.2) is 0 Å². The van der Waals surface area contributed by atoms with E-state index in [-0.39, 0.29) is 0 Å². The highest BCUT2D eigenvalue weighted by molar-refractivity contribution is 6.08. The molecule has 3 nitrogen and oxygen atoms in total. The number of furan rings is 2. The second kappa shape index (κ2) is 5.98. The molecule has 0 atom stereocenters. The van der Waals surface area contributed by atoms with Crippen LogP contribution in [0.25, 0.3) is 55.0 Å². The summed E-state index contributed by atoms with van der Waals surface area (Å²) < 4.78 is 12.2. The minimum atomic E-state index is 0.637. The number of fused-ring (bicyclic) bond motifs is 6. The van der Waals surface area contributed by atoms with Crippen molar-refractivity contribution in [3.8, 4) is 17.2 Å². The summed E-state index contributed by atoms with van der Waals surface area (Å²) >= 11 is 0. The van der Waals surface area contributed by atoms with Gasteiger partial charge in [-0.25, -0.2) is 0 Å². The van der Waals surface area contributed by atoms with Crippen LogP contribution in [0.3, 0.4) is 0 Å². The Bertz CT molecular complexity index is 1670. The van der Waals surface area contributed by atoms with E-state index in [4.69, 9.17) is 8.83 Å². The second-order valence-corrected chi connectivity index (χ2v) is 7.90. The van der Waals surface area contributed by atoms with Crippen LogP contribution in [0.4, 0.5) is 0 Å². The molecule has 0 N–H and O–H groups in total. The van der Waals surface area contributed by atoms with Crippen molar-refractivity contribution in [1.29, 1.82) is 5.26 Å². The van der Waals surface area contributed by atoms with Gasteiger partial charge in [-0.15, -0.1) is 0 Å². The molecule has 0 aliphatic carbocycles. The lowest BCUT2D eigenvalue weighted by Gasteiger charge is -2.06. The molecule has 0 aliphatic rings. The molecular weight excluding hydrogens is 370 g/mol. The number of rotatable bonds is 1. The van der Waals surface area contributed by atoms with Crippen molar-refractivity contribution >= 4 is 43.9 Å². The smallest absolute Gasteiger partial charge is 0.136 e. The average molecular weight is 387 g/mol. The fourth-order valence-corrected chi connectivity index (χ4v) is 4.37. The zero-order valence-corrected chi connectivity index (χ0v) is 16.6. The summed E-state index contributed by atoms with van der Waals surface area (Å²) in [5.74, 6) is 0. The molecule has 3 heteroatoms. The van der Waals surface area contributed by atoms with E-state index in [1.165, 1.54) is 5.56 Å². The molecule has 6 aromatic rings. The highest BCUT2D eigenvalue weighted by Gasteiger charge is 2.14. The van der Waals surface area contributed by atoms with E-state index >= 15 is 0 Å². The molecule has 0 saturated carbocycles. The molecule has 0 aliphatic heterocycles. The van der Waals surface area contributed by atoms with Gasteiger partial charge in [-0.05, 0) is 85.1 Å². The number of aryl methyl sites for hydroxylation is 2. The lowest BCUT2D eigenvalue weighted by molar-refractivity contribution is 0.668. The van der Waals surface area contributed by atoms with Crippen LogP contribution in [0.1, 0.15) is 16.7 Å². The van der Waals surface area contributed by atoms with Gasteiger partial charge in [0.25, 0.3) is 0 Å². The van der Waals surface area contributed by atoms with Crippen LogP contribution in [0.5, 0.6) is 0 Å². The first-order chi connectivity index (χ1) is 14.6.